The van der Waals surface area contributed by atoms with E-state index in [-0.39, 0.29) is 43.2 Å². The minimum Gasteiger partial charge on any atom is -0.489 e. The number of carbonyl (C=O) groups is 4. The van der Waals surface area contributed by atoms with Crippen LogP contribution in [0.5, 0.6) is 5.75 Å². The van der Waals surface area contributed by atoms with Crippen molar-refractivity contribution in [3.63, 3.8) is 0 Å². The molecule has 0 aliphatic carbocycles. The van der Waals surface area contributed by atoms with Crippen LogP contribution in [0, 0.1) is 0 Å². The third kappa shape index (κ3) is 4.77. The lowest BCUT2D eigenvalue weighted by molar-refractivity contribution is -0.146. The zero-order chi connectivity index (χ0) is 26.3. The molecule has 3 heterocycles. The van der Waals surface area contributed by atoms with Crippen LogP contribution in [0.15, 0.2) is 42.5 Å². The van der Waals surface area contributed by atoms with Crippen molar-refractivity contribution in [3.8, 4) is 5.75 Å². The Morgan fingerprint density at radius 1 is 1.03 bits per heavy atom. The zero-order valence-corrected chi connectivity index (χ0v) is 21.4. The number of nitrogens with zero attached hydrogens (tertiary/aromatic N) is 3. The summed E-state index contributed by atoms with van der Waals surface area (Å²) in [6.45, 7) is 2.40. The molecule has 0 aromatic heterocycles. The van der Waals surface area contributed by atoms with Crippen molar-refractivity contribution in [1.29, 1.82) is 0 Å². The van der Waals surface area contributed by atoms with Crippen LogP contribution in [0.25, 0.3) is 0 Å². The molecule has 2 fully saturated rings. The summed E-state index contributed by atoms with van der Waals surface area (Å²) in [6.07, 6.45) is 0.285. The Morgan fingerprint density at radius 2 is 1.76 bits per heavy atom. The summed E-state index contributed by atoms with van der Waals surface area (Å²) in [5, 5.41) is -0.733. The molecule has 1 atom stereocenters. The molecule has 4 amide bonds. The fourth-order valence-electron chi connectivity index (χ4n) is 5.23. The number of rotatable bonds is 6. The Labute approximate surface area is 218 Å². The molecule has 37 heavy (non-hydrogen) atoms. The van der Waals surface area contributed by atoms with Crippen LogP contribution in [-0.2, 0) is 38.8 Å². The van der Waals surface area contributed by atoms with Crippen LogP contribution in [0.2, 0.25) is 5.21 Å². The topological polar surface area (TPSA) is 96.5 Å². The Morgan fingerprint density at radius 3 is 2.49 bits per heavy atom. The molecule has 3 aliphatic heterocycles. The van der Waals surface area contributed by atoms with Gasteiger partial charge in [0.15, 0.2) is 0 Å². The van der Waals surface area contributed by atoms with Crippen LogP contribution in [0.1, 0.15) is 33.5 Å². The fraction of sp³-hybridized carbons (Fsp3) is 0.360. The first-order chi connectivity index (χ1) is 17.7. The summed E-state index contributed by atoms with van der Waals surface area (Å²) in [6, 6.07) is 12.6. The Balaban J connectivity index is 1.26. The van der Waals surface area contributed by atoms with Crippen LogP contribution in [0.3, 0.4) is 0 Å². The number of amides is 4. The van der Waals surface area contributed by atoms with Crippen molar-refractivity contribution in [2.24, 2.45) is 0 Å². The van der Waals surface area contributed by atoms with E-state index >= 15 is 0 Å². The Hall–Kier alpha value is -3.53. The number of hydrogen-bond acceptors (Lipinski definition) is 6. The first-order valence-corrected chi connectivity index (χ1v) is 12.5. The number of carbonyl (C=O) groups excluding carboxylic acids is 4. The average molecular weight is 499 g/mol. The van der Waals surface area contributed by atoms with Gasteiger partial charge in [-0.2, -0.15) is 0 Å². The molecule has 0 spiro atoms. The lowest BCUT2D eigenvalue weighted by atomic mass is 9.49. The quantitative estimate of drug-likeness (QED) is 0.360. The fourth-order valence-corrected chi connectivity index (χ4v) is 5.23. The van der Waals surface area contributed by atoms with Gasteiger partial charge in [0.05, 0.1) is 13.2 Å². The maximum atomic E-state index is 13.3. The first-order valence-electron chi connectivity index (χ1n) is 12.5. The second kappa shape index (κ2) is 9.74. The largest absolute Gasteiger partial charge is 0.489 e. The van der Waals surface area contributed by atoms with Crippen molar-refractivity contribution in [3.05, 3.63) is 64.7 Å². The third-order valence-electron chi connectivity index (χ3n) is 7.41. The number of imide groups is 1. The normalized spacial score (nSPS) is 21.4. The van der Waals surface area contributed by atoms with E-state index in [4.69, 9.17) is 9.47 Å². The molecule has 3 aliphatic rings. The molecule has 2 saturated heterocycles. The summed E-state index contributed by atoms with van der Waals surface area (Å²) < 4.78 is 11.3. The van der Waals surface area contributed by atoms with Gasteiger partial charge in [-0.25, -0.2) is 0 Å². The van der Waals surface area contributed by atoms with Gasteiger partial charge in [-0.15, -0.1) is 0 Å². The van der Waals surface area contributed by atoms with Crippen molar-refractivity contribution < 1.29 is 28.7 Å². The van der Waals surface area contributed by atoms with E-state index in [1.54, 1.807) is 37.6 Å². The van der Waals surface area contributed by atoms with E-state index in [2.05, 4.69) is 0 Å². The Bertz CT molecular complexity index is 1270. The average Bonchev–Trinajstić information content (AvgIpc) is 3.23. The molecule has 12 heteroatoms. The molecule has 0 radical (unpaired) electrons. The highest BCUT2D eigenvalue weighted by atomic mass is 16.5. The molecule has 2 aromatic carbocycles. The highest BCUT2D eigenvalue weighted by Gasteiger charge is 2.48. The van der Waals surface area contributed by atoms with Gasteiger partial charge in [-0.05, 0) is 34.9 Å². The van der Waals surface area contributed by atoms with Crippen molar-refractivity contribution >= 4 is 47.3 Å². The van der Waals surface area contributed by atoms with Crippen molar-refractivity contribution in [1.82, 2.24) is 14.6 Å². The second-order valence-corrected chi connectivity index (χ2v) is 10.5. The molecule has 2 aromatic rings. The van der Waals surface area contributed by atoms with Crippen molar-refractivity contribution in [2.75, 3.05) is 19.8 Å². The molecule has 0 saturated carbocycles. The van der Waals surface area contributed by atoms with Gasteiger partial charge in [0.25, 0.3) is 5.91 Å². The van der Waals surface area contributed by atoms with Crippen LogP contribution < -0.4 is 4.74 Å². The third-order valence-corrected chi connectivity index (χ3v) is 7.41. The minimum atomic E-state index is -0.733. The number of ether oxygens (including phenoxy) is 2. The van der Waals surface area contributed by atoms with Gasteiger partial charge in [0.2, 0.25) is 25.7 Å². The molecule has 1 unspecified atom stereocenters. The number of benzene rings is 2. The van der Waals surface area contributed by atoms with E-state index in [1.165, 1.54) is 7.98 Å². The predicted octanol–water partition coefficient (Wildman–Crippen LogP) is -1.36. The van der Waals surface area contributed by atoms with Gasteiger partial charge in [-0.3, -0.25) is 19.2 Å². The van der Waals surface area contributed by atoms with E-state index < -0.39 is 11.3 Å². The van der Waals surface area contributed by atoms with Gasteiger partial charge in [0.1, 0.15) is 40.7 Å². The van der Waals surface area contributed by atoms with Crippen LogP contribution >= 0.6 is 0 Å². The lowest BCUT2D eigenvalue weighted by Gasteiger charge is -2.42. The predicted molar refractivity (Wildman–Crippen MR) is 142 cm³/mol. The van der Waals surface area contributed by atoms with Gasteiger partial charge in [0, 0.05) is 24.2 Å². The molecular formula is C25H28B3N3O6. The van der Waals surface area contributed by atoms with E-state index in [0.29, 0.717) is 37.6 Å². The van der Waals surface area contributed by atoms with E-state index in [9.17, 15) is 19.2 Å². The maximum absolute atomic E-state index is 13.3. The molecule has 9 nitrogen and oxygen atoms in total. The molecular weight excluding hydrogens is 471 g/mol. The molecule has 5 rings (SSSR count). The maximum Gasteiger partial charge on any atom is 0.255 e. The molecule has 0 N–H and O–H groups in total. The summed E-state index contributed by atoms with van der Waals surface area (Å²) in [5.74, 6) is -0.212. The van der Waals surface area contributed by atoms with E-state index in [1.807, 2.05) is 30.3 Å². The van der Waals surface area contributed by atoms with Gasteiger partial charge >= 0.3 is 0 Å². The smallest absolute Gasteiger partial charge is 0.255 e. The molecule has 0 bridgehead atoms. The second-order valence-electron chi connectivity index (χ2n) is 10.5. The number of hydrogen-bond donors (Lipinski definition) is 0. The highest BCUT2D eigenvalue weighted by molar-refractivity contribution is 6.54. The van der Waals surface area contributed by atoms with Crippen molar-refractivity contribution in [2.45, 2.75) is 37.4 Å². The minimum absolute atomic E-state index is 0.00285. The Kier molecular flexibility index (Phi) is 6.62. The summed E-state index contributed by atoms with van der Waals surface area (Å²) in [4.78, 5) is 55.1. The number of piperidine rings is 1. The van der Waals surface area contributed by atoms with Gasteiger partial charge in [-0.1, -0.05) is 30.3 Å². The lowest BCUT2D eigenvalue weighted by Crippen LogP contribution is -2.59. The summed E-state index contributed by atoms with van der Waals surface area (Å²) in [7, 11) is 5.08. The first kappa shape index (κ1) is 25.1. The number of morpholine rings is 1. The summed E-state index contributed by atoms with van der Waals surface area (Å²) in [5.41, 5.74) is 3.26. The monoisotopic (exact) mass is 499 g/mol. The highest BCUT2D eigenvalue weighted by Crippen LogP contribution is 2.39. The van der Waals surface area contributed by atoms with Crippen LogP contribution in [0.4, 0.5) is 0 Å². The van der Waals surface area contributed by atoms with Crippen LogP contribution in [-0.4, -0.2) is 87.7 Å². The zero-order valence-electron chi connectivity index (χ0n) is 21.4. The van der Waals surface area contributed by atoms with Gasteiger partial charge < -0.3 is 24.1 Å². The molecule has 188 valence electrons. The number of fused-ring (bicyclic) bond motifs is 1. The van der Waals surface area contributed by atoms with E-state index in [0.717, 1.165) is 21.5 Å². The standard InChI is InChI=1S/C25H28B3N3O6/c26-25(27)10-19(23(34)31(28)24(25)35)30-12-18-17(22(30)33)2-1-3-20(18)37-13-16-6-4-15(5-7-16)11-29-8-9-36-14-21(29)32/h1-7,19H,8-14,26-28H2. The summed E-state index contributed by atoms with van der Waals surface area (Å²) >= 11 is 0. The SMILES string of the molecule is BN1C(=O)C(N2Cc3c(OCc4ccc(CN5CCOCC5=O)cc4)cccc3C2=O)CC(B)(B)C1=O.